The van der Waals surface area contributed by atoms with Crippen LogP contribution in [0.25, 0.3) is 0 Å². The SMILES string of the molecule is CC(C)[Si](OCCCC(=N/O)/C(CCCO[Si](C(C)C)(C(C)C)C(C)C)=N\O)(C(C)C)C(C)C. The fourth-order valence-corrected chi connectivity index (χ4v) is 17.5. The Balaban J connectivity index is 4.96. The lowest BCUT2D eigenvalue weighted by molar-refractivity contribution is 0.271. The van der Waals surface area contributed by atoms with Gasteiger partial charge in [0.05, 0.1) is 0 Å². The van der Waals surface area contributed by atoms with Crippen molar-refractivity contribution in [3.63, 3.8) is 0 Å². The van der Waals surface area contributed by atoms with Gasteiger partial charge in [-0.05, 0) is 58.9 Å². The fraction of sp³-hybridized carbons (Fsp3) is 0.923. The Morgan fingerprint density at radius 2 is 0.765 bits per heavy atom. The van der Waals surface area contributed by atoms with E-state index in [2.05, 4.69) is 93.4 Å². The summed E-state index contributed by atoms with van der Waals surface area (Å²) in [6, 6.07) is 0. The van der Waals surface area contributed by atoms with Crippen LogP contribution in [-0.2, 0) is 8.85 Å². The minimum absolute atomic E-state index is 0.442. The molecule has 0 unspecified atom stereocenters. The van der Waals surface area contributed by atoms with Gasteiger partial charge in [0, 0.05) is 13.2 Å². The van der Waals surface area contributed by atoms with Crippen molar-refractivity contribution < 1.29 is 19.3 Å². The first-order valence-corrected chi connectivity index (χ1v) is 17.7. The van der Waals surface area contributed by atoms with Gasteiger partial charge in [-0.2, -0.15) is 0 Å². The second-order valence-corrected chi connectivity index (χ2v) is 22.6. The lowest BCUT2D eigenvalue weighted by atomic mass is 10.1. The van der Waals surface area contributed by atoms with Crippen molar-refractivity contribution in [1.82, 2.24) is 0 Å². The molecule has 0 saturated carbocycles. The van der Waals surface area contributed by atoms with E-state index in [-0.39, 0.29) is 0 Å². The summed E-state index contributed by atoms with van der Waals surface area (Å²) in [7, 11) is -3.82. The zero-order valence-electron chi connectivity index (χ0n) is 24.3. The van der Waals surface area contributed by atoms with E-state index < -0.39 is 16.6 Å². The van der Waals surface area contributed by atoms with Gasteiger partial charge < -0.3 is 19.3 Å². The van der Waals surface area contributed by atoms with Crippen LogP contribution in [0.2, 0.25) is 33.2 Å². The van der Waals surface area contributed by atoms with Gasteiger partial charge in [0.25, 0.3) is 0 Å². The standard InChI is InChI=1S/C26H56N2O4Si2/c1-19(2)33(20(3)4,21(5)6)31-17-13-15-25(27-29)26(28-30)16-14-18-32-34(22(7)8,23(9)10)24(11)12/h19-24,29-30H,13-18H2,1-12H3/b27-25-,28-26-. The number of oxime groups is 2. The molecule has 0 amide bonds. The molecule has 0 atom stereocenters. The average Bonchev–Trinajstić information content (AvgIpc) is 2.72. The number of hydrogen-bond acceptors (Lipinski definition) is 6. The zero-order chi connectivity index (χ0) is 26.7. The highest BCUT2D eigenvalue weighted by Crippen LogP contribution is 2.43. The van der Waals surface area contributed by atoms with Gasteiger partial charge >= 0.3 is 0 Å². The average molecular weight is 517 g/mol. The lowest BCUT2D eigenvalue weighted by Crippen LogP contribution is -2.48. The molecular formula is C26H56N2O4Si2. The number of hydrogen-bond donors (Lipinski definition) is 2. The van der Waals surface area contributed by atoms with Gasteiger partial charge in [-0.15, -0.1) is 0 Å². The highest BCUT2D eigenvalue weighted by atomic mass is 28.4. The Morgan fingerprint density at radius 3 is 0.941 bits per heavy atom. The molecule has 0 aromatic rings. The minimum atomic E-state index is -1.91. The Labute approximate surface area is 212 Å². The molecule has 0 aromatic heterocycles. The maximum Gasteiger partial charge on any atom is 0.200 e. The van der Waals surface area contributed by atoms with E-state index in [0.29, 0.717) is 70.7 Å². The third kappa shape index (κ3) is 8.17. The second kappa shape index (κ2) is 15.4. The van der Waals surface area contributed by atoms with Crippen LogP contribution in [0.5, 0.6) is 0 Å². The van der Waals surface area contributed by atoms with Crippen LogP contribution in [0, 0.1) is 0 Å². The molecule has 0 aliphatic rings. The van der Waals surface area contributed by atoms with Crippen molar-refractivity contribution in [2.45, 2.75) is 142 Å². The van der Waals surface area contributed by atoms with Crippen LogP contribution < -0.4 is 0 Å². The Hall–Kier alpha value is -0.706. The number of rotatable bonds is 17. The second-order valence-electron chi connectivity index (χ2n) is 11.6. The van der Waals surface area contributed by atoms with Crippen LogP contribution in [0.3, 0.4) is 0 Å². The van der Waals surface area contributed by atoms with Gasteiger partial charge in [-0.25, -0.2) is 0 Å². The van der Waals surface area contributed by atoms with E-state index in [1.54, 1.807) is 0 Å². The zero-order valence-corrected chi connectivity index (χ0v) is 26.3. The third-order valence-electron chi connectivity index (χ3n) is 7.81. The van der Waals surface area contributed by atoms with E-state index in [0.717, 1.165) is 12.8 Å². The molecule has 0 aromatic carbocycles. The first kappa shape index (κ1) is 33.3. The predicted molar refractivity (Wildman–Crippen MR) is 151 cm³/mol. The van der Waals surface area contributed by atoms with Gasteiger partial charge in [-0.3, -0.25) is 0 Å². The highest BCUT2D eigenvalue weighted by Gasteiger charge is 2.45. The van der Waals surface area contributed by atoms with Crippen molar-refractivity contribution >= 4 is 28.1 Å². The summed E-state index contributed by atoms with van der Waals surface area (Å²) >= 11 is 0. The Bertz CT molecular complexity index is 535. The first-order chi connectivity index (χ1) is 15.7. The molecule has 0 heterocycles. The summed E-state index contributed by atoms with van der Waals surface area (Å²) in [5.74, 6) is 0. The smallest absolute Gasteiger partial charge is 0.200 e. The molecule has 202 valence electrons. The molecular weight excluding hydrogens is 460 g/mol. The highest BCUT2D eigenvalue weighted by molar-refractivity contribution is 6.78. The molecule has 0 spiro atoms. The van der Waals surface area contributed by atoms with Crippen molar-refractivity contribution in [3.05, 3.63) is 0 Å². The van der Waals surface area contributed by atoms with E-state index in [1.165, 1.54) is 0 Å². The largest absolute Gasteiger partial charge is 0.416 e. The fourth-order valence-electron chi connectivity index (χ4n) is 6.48. The normalized spacial score (nSPS) is 14.6. The van der Waals surface area contributed by atoms with Crippen LogP contribution >= 0.6 is 0 Å². The van der Waals surface area contributed by atoms with Gasteiger partial charge in [-0.1, -0.05) is 93.4 Å². The lowest BCUT2D eigenvalue weighted by Gasteiger charge is -2.42. The van der Waals surface area contributed by atoms with Gasteiger partial charge in [0.1, 0.15) is 11.4 Å². The molecule has 0 bridgehead atoms. The molecule has 2 N–H and O–H groups in total. The molecule has 0 rings (SSSR count). The van der Waals surface area contributed by atoms with Crippen LogP contribution in [0.15, 0.2) is 10.3 Å². The third-order valence-corrected chi connectivity index (χ3v) is 20.0. The van der Waals surface area contributed by atoms with E-state index >= 15 is 0 Å². The summed E-state index contributed by atoms with van der Waals surface area (Å²) < 4.78 is 13.2. The topological polar surface area (TPSA) is 83.6 Å². The number of nitrogens with zero attached hydrogens (tertiary/aromatic N) is 2. The monoisotopic (exact) mass is 516 g/mol. The van der Waals surface area contributed by atoms with E-state index in [4.69, 9.17) is 8.85 Å². The molecule has 0 fully saturated rings. The van der Waals surface area contributed by atoms with Gasteiger partial charge in [0.15, 0.2) is 16.6 Å². The summed E-state index contributed by atoms with van der Waals surface area (Å²) in [6.45, 7) is 28.6. The van der Waals surface area contributed by atoms with Crippen LogP contribution in [0.1, 0.15) is 109 Å². The molecule has 0 aliphatic heterocycles. The van der Waals surface area contributed by atoms with Gasteiger partial charge in [0.2, 0.25) is 0 Å². The van der Waals surface area contributed by atoms with E-state index in [1.807, 2.05) is 0 Å². The molecule has 34 heavy (non-hydrogen) atoms. The molecule has 0 aliphatic carbocycles. The Morgan fingerprint density at radius 1 is 0.529 bits per heavy atom. The minimum Gasteiger partial charge on any atom is -0.416 e. The summed E-state index contributed by atoms with van der Waals surface area (Å²) in [5, 5.41) is 26.1. The predicted octanol–water partition coefficient (Wildman–Crippen LogP) is 8.59. The maximum atomic E-state index is 9.60. The molecule has 6 nitrogen and oxygen atoms in total. The first-order valence-electron chi connectivity index (χ1n) is 13.5. The van der Waals surface area contributed by atoms with E-state index in [9.17, 15) is 10.4 Å². The summed E-state index contributed by atoms with van der Waals surface area (Å²) in [5.41, 5.74) is 4.08. The molecule has 0 radical (unpaired) electrons. The van der Waals surface area contributed by atoms with Crippen LogP contribution in [-0.4, -0.2) is 51.7 Å². The van der Waals surface area contributed by atoms with Crippen molar-refractivity contribution in [1.29, 1.82) is 0 Å². The van der Waals surface area contributed by atoms with Crippen LogP contribution in [0.4, 0.5) is 0 Å². The molecule has 8 heteroatoms. The maximum absolute atomic E-state index is 9.60. The Kier molecular flexibility index (Phi) is 15.1. The summed E-state index contributed by atoms with van der Waals surface area (Å²) in [6.07, 6.45) is 2.52. The quantitative estimate of drug-likeness (QED) is 0.0666. The molecule has 0 saturated heterocycles. The van der Waals surface area contributed by atoms with Crippen molar-refractivity contribution in [2.75, 3.05) is 13.2 Å². The van der Waals surface area contributed by atoms with Crippen molar-refractivity contribution in [2.24, 2.45) is 10.3 Å². The van der Waals surface area contributed by atoms with Crippen molar-refractivity contribution in [3.8, 4) is 0 Å². The summed E-state index contributed by atoms with van der Waals surface area (Å²) in [4.78, 5) is 0.